The van der Waals surface area contributed by atoms with E-state index >= 15 is 0 Å². The van der Waals surface area contributed by atoms with Crippen molar-refractivity contribution in [2.45, 2.75) is 13.1 Å². The van der Waals surface area contributed by atoms with Gasteiger partial charge in [-0.05, 0) is 23.8 Å². The van der Waals surface area contributed by atoms with E-state index in [0.717, 1.165) is 16.9 Å². The van der Waals surface area contributed by atoms with E-state index in [1.165, 1.54) is 0 Å². The summed E-state index contributed by atoms with van der Waals surface area (Å²) in [5.74, 6) is 0.779. The highest BCUT2D eigenvalue weighted by Crippen LogP contribution is 2.26. The highest BCUT2D eigenvalue weighted by molar-refractivity contribution is 6.31. The van der Waals surface area contributed by atoms with Gasteiger partial charge in [-0.1, -0.05) is 29.3 Å². The summed E-state index contributed by atoms with van der Waals surface area (Å²) in [4.78, 5) is 3.95. The van der Waals surface area contributed by atoms with Crippen molar-refractivity contribution in [3.63, 3.8) is 0 Å². The number of rotatable bonds is 5. The molecule has 100 valence electrons. The van der Waals surface area contributed by atoms with Gasteiger partial charge in [0.2, 0.25) is 0 Å². The summed E-state index contributed by atoms with van der Waals surface area (Å²) in [7, 11) is 1.63. The molecular formula is C14H14Cl2N2O. The lowest BCUT2D eigenvalue weighted by atomic mass is 10.2. The first-order valence-electron chi connectivity index (χ1n) is 5.83. The predicted octanol–water partition coefficient (Wildman–Crippen LogP) is 3.69. The highest BCUT2D eigenvalue weighted by atomic mass is 35.5. The molecule has 0 fully saturated rings. The van der Waals surface area contributed by atoms with Crippen LogP contribution in [0.25, 0.3) is 0 Å². The smallest absolute Gasteiger partial charge is 0.124 e. The van der Waals surface area contributed by atoms with Gasteiger partial charge in [-0.25, -0.2) is 0 Å². The number of pyridine rings is 1. The van der Waals surface area contributed by atoms with Gasteiger partial charge in [0.1, 0.15) is 5.75 Å². The molecule has 0 aliphatic heterocycles. The van der Waals surface area contributed by atoms with E-state index in [1.807, 2.05) is 24.3 Å². The number of benzene rings is 1. The number of methoxy groups -OCH3 is 1. The highest BCUT2D eigenvalue weighted by Gasteiger charge is 2.07. The summed E-state index contributed by atoms with van der Waals surface area (Å²) in [5.41, 5.74) is 1.94. The summed E-state index contributed by atoms with van der Waals surface area (Å²) < 4.78 is 5.29. The maximum Gasteiger partial charge on any atom is 0.124 e. The van der Waals surface area contributed by atoms with Gasteiger partial charge in [0, 0.05) is 36.1 Å². The Hall–Kier alpha value is -1.29. The minimum Gasteiger partial charge on any atom is -0.496 e. The summed E-state index contributed by atoms with van der Waals surface area (Å²) in [6.07, 6.45) is 3.35. The molecule has 1 aromatic carbocycles. The zero-order chi connectivity index (χ0) is 13.7. The molecule has 5 heteroatoms. The molecule has 0 unspecified atom stereocenters. The molecule has 0 saturated carbocycles. The third-order valence-electron chi connectivity index (χ3n) is 2.77. The Balaban J connectivity index is 2.02. The van der Waals surface area contributed by atoms with E-state index in [2.05, 4.69) is 10.3 Å². The van der Waals surface area contributed by atoms with E-state index in [-0.39, 0.29) is 0 Å². The van der Waals surface area contributed by atoms with Crippen molar-refractivity contribution in [2.24, 2.45) is 0 Å². The van der Waals surface area contributed by atoms with Gasteiger partial charge in [0.15, 0.2) is 0 Å². The Morgan fingerprint density at radius 3 is 2.74 bits per heavy atom. The van der Waals surface area contributed by atoms with Crippen LogP contribution >= 0.6 is 23.2 Å². The molecule has 0 aliphatic rings. The third-order valence-corrected chi connectivity index (χ3v) is 3.46. The monoisotopic (exact) mass is 296 g/mol. The first-order chi connectivity index (χ1) is 9.22. The summed E-state index contributed by atoms with van der Waals surface area (Å²) in [6.45, 7) is 1.26. The fourth-order valence-corrected chi connectivity index (χ4v) is 2.19. The molecule has 2 rings (SSSR count). The Kier molecular flexibility index (Phi) is 5.02. The average Bonchev–Trinajstić information content (AvgIpc) is 2.42. The van der Waals surface area contributed by atoms with Gasteiger partial charge in [0.05, 0.1) is 12.1 Å². The van der Waals surface area contributed by atoms with Crippen molar-refractivity contribution in [2.75, 3.05) is 7.11 Å². The van der Waals surface area contributed by atoms with Crippen molar-refractivity contribution in [3.05, 3.63) is 57.8 Å². The SMILES string of the molecule is COc1cccc(Cl)c1CNCc1ccncc1Cl. The topological polar surface area (TPSA) is 34.1 Å². The Morgan fingerprint density at radius 1 is 1.16 bits per heavy atom. The quantitative estimate of drug-likeness (QED) is 0.914. The average molecular weight is 297 g/mol. The van der Waals surface area contributed by atoms with Gasteiger partial charge in [0.25, 0.3) is 0 Å². The van der Waals surface area contributed by atoms with E-state index in [9.17, 15) is 0 Å². The number of hydrogen-bond donors (Lipinski definition) is 1. The molecule has 1 heterocycles. The summed E-state index contributed by atoms with van der Waals surface area (Å²) >= 11 is 12.2. The maximum atomic E-state index is 6.17. The lowest BCUT2D eigenvalue weighted by Crippen LogP contribution is -2.14. The van der Waals surface area contributed by atoms with Crippen LogP contribution in [-0.2, 0) is 13.1 Å². The number of aromatic nitrogens is 1. The van der Waals surface area contributed by atoms with Gasteiger partial charge in [-0.3, -0.25) is 4.98 Å². The predicted molar refractivity (Wildman–Crippen MR) is 77.8 cm³/mol. The molecule has 0 radical (unpaired) electrons. The molecule has 0 amide bonds. The van der Waals surface area contributed by atoms with Crippen LogP contribution in [0.2, 0.25) is 10.0 Å². The number of halogens is 2. The zero-order valence-electron chi connectivity index (χ0n) is 10.5. The molecule has 0 aliphatic carbocycles. The Labute approximate surface area is 122 Å². The van der Waals surface area contributed by atoms with Crippen LogP contribution in [0.5, 0.6) is 5.75 Å². The number of hydrogen-bond acceptors (Lipinski definition) is 3. The number of nitrogens with zero attached hydrogens (tertiary/aromatic N) is 1. The van der Waals surface area contributed by atoms with Gasteiger partial charge < -0.3 is 10.1 Å². The minimum atomic E-state index is 0.613. The van der Waals surface area contributed by atoms with Crippen LogP contribution in [0, 0.1) is 0 Å². The second kappa shape index (κ2) is 6.75. The molecule has 0 saturated heterocycles. The Morgan fingerprint density at radius 2 is 2.00 bits per heavy atom. The van der Waals surface area contributed by atoms with Crippen LogP contribution in [-0.4, -0.2) is 12.1 Å². The largest absolute Gasteiger partial charge is 0.496 e. The molecule has 1 N–H and O–H groups in total. The van der Waals surface area contributed by atoms with E-state index < -0.39 is 0 Å². The molecule has 19 heavy (non-hydrogen) atoms. The fraction of sp³-hybridized carbons (Fsp3) is 0.214. The van der Waals surface area contributed by atoms with Crippen LogP contribution < -0.4 is 10.1 Å². The molecule has 1 aromatic heterocycles. The minimum absolute atomic E-state index is 0.613. The fourth-order valence-electron chi connectivity index (χ4n) is 1.77. The van der Waals surface area contributed by atoms with Gasteiger partial charge in [-0.2, -0.15) is 0 Å². The van der Waals surface area contributed by atoms with Crippen molar-refractivity contribution in [3.8, 4) is 5.75 Å². The van der Waals surface area contributed by atoms with Crippen molar-refractivity contribution in [1.82, 2.24) is 10.3 Å². The second-order valence-corrected chi connectivity index (χ2v) is 4.81. The van der Waals surface area contributed by atoms with E-state index in [4.69, 9.17) is 27.9 Å². The zero-order valence-corrected chi connectivity index (χ0v) is 12.0. The maximum absolute atomic E-state index is 6.17. The third kappa shape index (κ3) is 3.60. The van der Waals surface area contributed by atoms with Crippen molar-refractivity contribution < 1.29 is 4.74 Å². The Bertz CT molecular complexity index is 561. The molecule has 0 bridgehead atoms. The van der Waals surface area contributed by atoms with Crippen LogP contribution in [0.3, 0.4) is 0 Å². The molecular weight excluding hydrogens is 283 g/mol. The van der Waals surface area contributed by atoms with Gasteiger partial charge >= 0.3 is 0 Å². The van der Waals surface area contributed by atoms with Crippen molar-refractivity contribution in [1.29, 1.82) is 0 Å². The lowest BCUT2D eigenvalue weighted by Gasteiger charge is -2.11. The first kappa shape index (κ1) is 14.1. The van der Waals surface area contributed by atoms with Crippen molar-refractivity contribution >= 4 is 23.2 Å². The lowest BCUT2D eigenvalue weighted by molar-refractivity contribution is 0.407. The van der Waals surface area contributed by atoms with E-state index in [0.29, 0.717) is 23.1 Å². The molecule has 2 aromatic rings. The van der Waals surface area contributed by atoms with Crippen LogP contribution in [0.4, 0.5) is 0 Å². The summed E-state index contributed by atoms with van der Waals surface area (Å²) in [5, 5.41) is 4.64. The normalized spacial score (nSPS) is 10.5. The van der Waals surface area contributed by atoms with Crippen LogP contribution in [0.15, 0.2) is 36.7 Å². The van der Waals surface area contributed by atoms with E-state index in [1.54, 1.807) is 19.5 Å². The van der Waals surface area contributed by atoms with Gasteiger partial charge in [-0.15, -0.1) is 0 Å². The molecule has 0 spiro atoms. The van der Waals surface area contributed by atoms with Crippen LogP contribution in [0.1, 0.15) is 11.1 Å². The standard InChI is InChI=1S/C14H14Cl2N2O/c1-19-14-4-2-3-12(15)11(14)8-18-7-10-5-6-17-9-13(10)16/h2-6,9,18H,7-8H2,1H3. The summed E-state index contributed by atoms with van der Waals surface area (Å²) in [6, 6.07) is 7.49. The first-order valence-corrected chi connectivity index (χ1v) is 6.58. The number of ether oxygens (including phenoxy) is 1. The number of nitrogens with one attached hydrogen (secondary N) is 1. The second-order valence-electron chi connectivity index (χ2n) is 3.99. The molecule has 3 nitrogen and oxygen atoms in total. The molecule has 0 atom stereocenters.